The topological polar surface area (TPSA) is 121 Å². The number of rotatable bonds is 8. The molecule has 1 aromatic heterocycles. The average Bonchev–Trinajstić information content (AvgIpc) is 3.22. The molecule has 2 heterocycles. The molecular formula is C29H38N4O6S. The number of ether oxygens (including phenoxy) is 1. The molecule has 0 saturated heterocycles. The molecule has 0 unspecified atom stereocenters. The van der Waals surface area contributed by atoms with Gasteiger partial charge in [0.05, 0.1) is 38.3 Å². The summed E-state index contributed by atoms with van der Waals surface area (Å²) in [6.07, 6.45) is 2.73. The van der Waals surface area contributed by atoms with Gasteiger partial charge in [0.15, 0.2) is 0 Å². The van der Waals surface area contributed by atoms with Gasteiger partial charge < -0.3 is 24.6 Å². The zero-order valence-electron chi connectivity index (χ0n) is 23.6. The van der Waals surface area contributed by atoms with E-state index in [0.717, 1.165) is 22.7 Å². The van der Waals surface area contributed by atoms with Crippen molar-refractivity contribution in [1.82, 2.24) is 13.8 Å². The van der Waals surface area contributed by atoms with Crippen LogP contribution < -0.4 is 10.1 Å². The molecule has 3 aromatic rings. The molecule has 10 nitrogen and oxygen atoms in total. The molecule has 11 heteroatoms. The molecule has 0 aliphatic carbocycles. The highest BCUT2D eigenvalue weighted by Crippen LogP contribution is 2.30. The first-order chi connectivity index (χ1) is 18.9. The number of carbonyl (C=O) groups excluding carboxylic acids is 2. The Kier molecular flexibility index (Phi) is 8.86. The fraction of sp³-hybridized carbons (Fsp3) is 0.448. The lowest BCUT2D eigenvalue weighted by atomic mass is 10.0. The number of hydrogen-bond acceptors (Lipinski definition) is 6. The van der Waals surface area contributed by atoms with Crippen LogP contribution in [-0.4, -0.2) is 84.3 Å². The smallest absolute Gasteiger partial charge is 0.228 e. The highest BCUT2D eigenvalue weighted by molar-refractivity contribution is 7.88. The predicted molar refractivity (Wildman–Crippen MR) is 155 cm³/mol. The maximum absolute atomic E-state index is 13.4. The maximum Gasteiger partial charge on any atom is 0.228 e. The minimum Gasteiger partial charge on any atom is -0.488 e. The van der Waals surface area contributed by atoms with Gasteiger partial charge in [-0.05, 0) is 36.8 Å². The van der Waals surface area contributed by atoms with Gasteiger partial charge in [-0.15, -0.1) is 0 Å². The van der Waals surface area contributed by atoms with Crippen molar-refractivity contribution in [3.8, 4) is 5.75 Å². The van der Waals surface area contributed by atoms with E-state index in [4.69, 9.17) is 4.74 Å². The summed E-state index contributed by atoms with van der Waals surface area (Å²) in [5.74, 6) is -0.149. The third-order valence-electron chi connectivity index (χ3n) is 7.53. The average molecular weight is 571 g/mol. The molecule has 2 aromatic carbocycles. The zero-order valence-corrected chi connectivity index (χ0v) is 24.4. The standard InChI is InChI=1S/C29H38N4O6S/c1-19-15-33(20(2)18-34)29(36)14-21-12-23(10-11-26(21)39-27(19)17-32(4)40(5,37)38)30-28(35)13-22-16-31(3)25-9-7-6-8-24(22)25/h6-12,16,19-20,27,34H,13-15,17-18H2,1-5H3,(H,30,35)/t19-,20+,27-/m0/s1. The van der Waals surface area contributed by atoms with Crippen LogP contribution in [0.25, 0.3) is 10.9 Å². The number of aryl methyl sites for hydroxylation is 1. The lowest BCUT2D eigenvalue weighted by Gasteiger charge is -2.33. The first kappa shape index (κ1) is 29.6. The van der Waals surface area contributed by atoms with Gasteiger partial charge in [0.25, 0.3) is 0 Å². The molecule has 1 aliphatic rings. The molecule has 4 rings (SSSR count). The van der Waals surface area contributed by atoms with Crippen LogP contribution >= 0.6 is 0 Å². The van der Waals surface area contributed by atoms with Crippen molar-refractivity contribution in [2.45, 2.75) is 38.8 Å². The van der Waals surface area contributed by atoms with E-state index < -0.39 is 22.2 Å². The van der Waals surface area contributed by atoms with Gasteiger partial charge in [-0.2, -0.15) is 0 Å². The van der Waals surface area contributed by atoms with Gasteiger partial charge >= 0.3 is 0 Å². The van der Waals surface area contributed by atoms with Crippen molar-refractivity contribution < 1.29 is 27.9 Å². The third kappa shape index (κ3) is 6.65. The monoisotopic (exact) mass is 570 g/mol. The van der Waals surface area contributed by atoms with Crippen LogP contribution in [0.1, 0.15) is 25.0 Å². The number of sulfonamides is 1. The lowest BCUT2D eigenvalue weighted by molar-refractivity contribution is -0.134. The van der Waals surface area contributed by atoms with E-state index >= 15 is 0 Å². The van der Waals surface area contributed by atoms with Gasteiger partial charge in [0, 0.05) is 54.9 Å². The van der Waals surface area contributed by atoms with E-state index in [1.54, 1.807) is 30.0 Å². The number of nitrogens with one attached hydrogen (secondary N) is 1. The van der Waals surface area contributed by atoms with Crippen molar-refractivity contribution in [2.24, 2.45) is 13.0 Å². The summed E-state index contributed by atoms with van der Waals surface area (Å²) in [5.41, 5.74) is 3.06. The number of para-hydroxylation sites is 1. The van der Waals surface area contributed by atoms with Crippen molar-refractivity contribution in [3.63, 3.8) is 0 Å². The molecule has 3 atom stereocenters. The number of amides is 2. The van der Waals surface area contributed by atoms with E-state index in [2.05, 4.69) is 5.32 Å². The van der Waals surface area contributed by atoms with Gasteiger partial charge in [-0.25, -0.2) is 12.7 Å². The summed E-state index contributed by atoms with van der Waals surface area (Å²) in [6, 6.07) is 12.6. The Bertz CT molecular complexity index is 1500. The summed E-state index contributed by atoms with van der Waals surface area (Å²) in [4.78, 5) is 28.0. The van der Waals surface area contributed by atoms with E-state index in [1.165, 1.54) is 11.4 Å². The van der Waals surface area contributed by atoms with Gasteiger partial charge in [-0.1, -0.05) is 25.1 Å². The fourth-order valence-corrected chi connectivity index (χ4v) is 5.48. The van der Waals surface area contributed by atoms with Gasteiger partial charge in [0.1, 0.15) is 11.9 Å². The second-order valence-electron chi connectivity index (χ2n) is 10.8. The van der Waals surface area contributed by atoms with E-state index in [0.29, 0.717) is 23.5 Å². The first-order valence-electron chi connectivity index (χ1n) is 13.3. The number of fused-ring (bicyclic) bond motifs is 2. The first-order valence-corrected chi connectivity index (χ1v) is 15.2. The molecule has 40 heavy (non-hydrogen) atoms. The Morgan fingerprint density at radius 3 is 2.67 bits per heavy atom. The second-order valence-corrected chi connectivity index (χ2v) is 12.9. The van der Waals surface area contributed by atoms with Crippen LogP contribution in [0.15, 0.2) is 48.7 Å². The number of anilines is 1. The SMILES string of the molecule is C[C@H](CO)N1C[C@H](C)[C@H](CN(C)S(C)(=O)=O)Oc2ccc(NC(=O)Cc3cn(C)c4ccccc34)cc2CC1=O. The molecule has 216 valence electrons. The highest BCUT2D eigenvalue weighted by atomic mass is 32.2. The normalized spacial score (nSPS) is 19.0. The number of nitrogens with zero attached hydrogens (tertiary/aromatic N) is 3. The van der Waals surface area contributed by atoms with Crippen LogP contribution in [0.2, 0.25) is 0 Å². The van der Waals surface area contributed by atoms with Crippen LogP contribution in [0.3, 0.4) is 0 Å². The minimum absolute atomic E-state index is 0.00800. The molecule has 0 saturated carbocycles. The second kappa shape index (κ2) is 12.0. The Balaban J connectivity index is 1.61. The maximum atomic E-state index is 13.4. The number of benzene rings is 2. The van der Waals surface area contributed by atoms with E-state index in [9.17, 15) is 23.1 Å². The lowest BCUT2D eigenvalue weighted by Crippen LogP contribution is -2.48. The largest absolute Gasteiger partial charge is 0.488 e. The number of aromatic nitrogens is 1. The quantitative estimate of drug-likeness (QED) is 0.429. The Labute approximate surface area is 235 Å². The Hall–Kier alpha value is -3.41. The van der Waals surface area contributed by atoms with Crippen LogP contribution in [0.5, 0.6) is 5.75 Å². The predicted octanol–water partition coefficient (Wildman–Crippen LogP) is 2.40. The van der Waals surface area contributed by atoms with Crippen LogP contribution in [0.4, 0.5) is 5.69 Å². The van der Waals surface area contributed by atoms with Crippen LogP contribution in [0, 0.1) is 5.92 Å². The number of likely N-dealkylation sites (N-methyl/N-ethyl adjacent to an activating group) is 1. The summed E-state index contributed by atoms with van der Waals surface area (Å²) in [5, 5.41) is 13.8. The Morgan fingerprint density at radius 1 is 1.25 bits per heavy atom. The summed E-state index contributed by atoms with van der Waals surface area (Å²) in [7, 11) is -0.0146. The van der Waals surface area contributed by atoms with Crippen molar-refractivity contribution >= 4 is 38.4 Å². The van der Waals surface area contributed by atoms with Crippen molar-refractivity contribution in [1.29, 1.82) is 0 Å². The molecule has 0 bridgehead atoms. The van der Waals surface area contributed by atoms with Crippen LogP contribution in [-0.2, 0) is 39.5 Å². The zero-order chi connectivity index (χ0) is 29.2. The molecule has 2 amide bonds. The molecular weight excluding hydrogens is 532 g/mol. The van der Waals surface area contributed by atoms with Gasteiger partial charge in [-0.3, -0.25) is 9.59 Å². The molecule has 0 spiro atoms. The molecule has 1 aliphatic heterocycles. The summed E-state index contributed by atoms with van der Waals surface area (Å²) in [6.45, 7) is 3.86. The fourth-order valence-electron chi connectivity index (χ4n) is 5.06. The minimum atomic E-state index is -3.45. The summed E-state index contributed by atoms with van der Waals surface area (Å²) < 4.78 is 33.8. The van der Waals surface area contributed by atoms with Gasteiger partial charge in [0.2, 0.25) is 21.8 Å². The summed E-state index contributed by atoms with van der Waals surface area (Å²) >= 11 is 0. The highest BCUT2D eigenvalue weighted by Gasteiger charge is 2.32. The van der Waals surface area contributed by atoms with E-state index in [1.807, 2.05) is 49.0 Å². The number of aliphatic hydroxyl groups is 1. The third-order valence-corrected chi connectivity index (χ3v) is 8.82. The molecule has 2 N–H and O–H groups in total. The number of hydrogen-bond donors (Lipinski definition) is 2. The molecule has 0 fully saturated rings. The molecule has 0 radical (unpaired) electrons. The number of aliphatic hydroxyl groups excluding tert-OH is 1. The van der Waals surface area contributed by atoms with Crippen molar-refractivity contribution in [3.05, 3.63) is 59.8 Å². The van der Waals surface area contributed by atoms with E-state index in [-0.39, 0.29) is 43.7 Å². The van der Waals surface area contributed by atoms with Crippen molar-refractivity contribution in [2.75, 3.05) is 38.3 Å². The number of carbonyl (C=O) groups is 2. The Morgan fingerprint density at radius 2 is 1.98 bits per heavy atom.